The molecule has 0 aromatic rings. The van der Waals surface area contributed by atoms with Crippen LogP contribution < -0.4 is 0 Å². The van der Waals surface area contributed by atoms with Gasteiger partial charge in [-0.1, -0.05) is 71.1 Å². The van der Waals surface area contributed by atoms with Crippen LogP contribution in [0.3, 0.4) is 0 Å². The molecule has 1 fully saturated rings. The lowest BCUT2D eigenvalue weighted by molar-refractivity contribution is 0.143. The maximum atomic E-state index is 12.0. The van der Waals surface area contributed by atoms with E-state index in [4.69, 9.17) is 4.52 Å². The quantitative estimate of drug-likeness (QED) is 0.335. The zero-order valence-electron chi connectivity index (χ0n) is 13.6. The molecule has 21 heavy (non-hydrogen) atoms. The lowest BCUT2D eigenvalue weighted by Gasteiger charge is -2.23. The van der Waals surface area contributed by atoms with Gasteiger partial charge in [0.25, 0.3) is 0 Å². The van der Waals surface area contributed by atoms with Crippen molar-refractivity contribution >= 4 is 18.2 Å². The van der Waals surface area contributed by atoms with Crippen molar-refractivity contribution in [2.24, 2.45) is 0 Å². The molecule has 0 aromatic heterocycles. The van der Waals surface area contributed by atoms with E-state index >= 15 is 0 Å². The van der Waals surface area contributed by atoms with Gasteiger partial charge in [-0.3, -0.25) is 4.52 Å². The van der Waals surface area contributed by atoms with Gasteiger partial charge in [0.15, 0.2) is 0 Å². The Balaban J connectivity index is 1.96. The molecule has 1 aliphatic carbocycles. The van der Waals surface area contributed by atoms with E-state index in [0.717, 1.165) is 49.2 Å². The Morgan fingerprint density at radius 1 is 1.00 bits per heavy atom. The Morgan fingerprint density at radius 3 is 2.19 bits per heavy atom. The highest BCUT2D eigenvalue weighted by atomic mass is 32.7. The Morgan fingerprint density at radius 2 is 1.57 bits per heavy atom. The first-order valence-electron chi connectivity index (χ1n) is 8.80. The molecule has 1 N–H and O–H groups in total. The zero-order chi connectivity index (χ0) is 15.4. The molecule has 1 atom stereocenters. The maximum Gasteiger partial charge on any atom is 0.386 e. The van der Waals surface area contributed by atoms with E-state index in [2.05, 4.69) is 6.92 Å². The highest BCUT2D eigenvalue weighted by molar-refractivity contribution is 8.54. The molecule has 0 aromatic carbocycles. The second-order valence-corrected chi connectivity index (χ2v) is 10.1. The van der Waals surface area contributed by atoms with Gasteiger partial charge in [0.2, 0.25) is 0 Å². The van der Waals surface area contributed by atoms with Gasteiger partial charge >= 0.3 is 6.80 Å². The van der Waals surface area contributed by atoms with Gasteiger partial charge in [0.1, 0.15) is 0 Å². The Bertz CT molecular complexity index is 293. The number of rotatable bonds is 12. The minimum atomic E-state index is -3.41. The van der Waals surface area contributed by atoms with Crippen molar-refractivity contribution in [1.82, 2.24) is 0 Å². The first-order chi connectivity index (χ1) is 10.1. The summed E-state index contributed by atoms with van der Waals surface area (Å²) in [6.45, 7) is -1.18. The van der Waals surface area contributed by atoms with E-state index in [0.29, 0.717) is 0 Å². The van der Waals surface area contributed by atoms with Crippen LogP contribution >= 0.6 is 18.2 Å². The van der Waals surface area contributed by atoms with E-state index in [1.807, 2.05) is 0 Å². The molecule has 0 spiro atoms. The summed E-state index contributed by atoms with van der Waals surface area (Å²) in [6.07, 6.45) is 15.5. The first kappa shape index (κ1) is 19.5. The second kappa shape index (κ2) is 12.0. The van der Waals surface area contributed by atoms with Crippen LogP contribution in [0.15, 0.2) is 0 Å². The summed E-state index contributed by atoms with van der Waals surface area (Å²) in [5, 5.41) is 0. The highest BCUT2D eigenvalue weighted by Gasteiger charge is 2.26. The molecule has 1 aliphatic rings. The Labute approximate surface area is 134 Å². The third-order valence-corrected chi connectivity index (χ3v) is 7.23. The molecular formula is C16H33O3PS. The van der Waals surface area contributed by atoms with Crippen molar-refractivity contribution in [3.05, 3.63) is 0 Å². The highest BCUT2D eigenvalue weighted by Crippen LogP contribution is 2.57. The fraction of sp³-hybridized carbons (Fsp3) is 1.00. The van der Waals surface area contributed by atoms with Crippen LogP contribution in [-0.2, 0) is 9.09 Å². The van der Waals surface area contributed by atoms with Crippen LogP contribution in [0.1, 0.15) is 90.4 Å². The molecule has 0 bridgehead atoms. The van der Waals surface area contributed by atoms with Crippen molar-refractivity contribution in [3.8, 4) is 0 Å². The van der Waals surface area contributed by atoms with E-state index in [1.54, 1.807) is 0 Å². The minimum absolute atomic E-state index is 0.0145. The molecule has 0 amide bonds. The molecule has 1 rings (SSSR count). The van der Waals surface area contributed by atoms with Crippen LogP contribution in [0.2, 0.25) is 0 Å². The summed E-state index contributed by atoms with van der Waals surface area (Å²) < 4.78 is 17.4. The zero-order valence-corrected chi connectivity index (χ0v) is 15.3. The van der Waals surface area contributed by atoms with Gasteiger partial charge in [0.05, 0.1) is 6.10 Å². The van der Waals surface area contributed by atoms with Crippen LogP contribution in [0.5, 0.6) is 0 Å². The Kier molecular flexibility index (Phi) is 11.2. The second-order valence-electron chi connectivity index (χ2n) is 6.14. The van der Waals surface area contributed by atoms with Gasteiger partial charge in [-0.15, -0.1) is 0 Å². The first-order valence-corrected chi connectivity index (χ1v) is 12.0. The van der Waals surface area contributed by atoms with Crippen LogP contribution in [0, 0.1) is 0 Å². The lowest BCUT2D eigenvalue weighted by atomic mass is 9.98. The normalized spacial score (nSPS) is 19.5. The van der Waals surface area contributed by atoms with Crippen LogP contribution in [-0.4, -0.2) is 16.8 Å². The molecule has 1 saturated carbocycles. The maximum absolute atomic E-state index is 12.0. The molecule has 0 saturated heterocycles. The monoisotopic (exact) mass is 336 g/mol. The van der Waals surface area contributed by atoms with E-state index in [9.17, 15) is 9.46 Å². The molecule has 1 unspecified atom stereocenters. The predicted octanol–water partition coefficient (Wildman–Crippen LogP) is 6.31. The number of hydrogen-bond acceptors (Lipinski definition) is 3. The third-order valence-electron chi connectivity index (χ3n) is 4.09. The third kappa shape index (κ3) is 10.8. The van der Waals surface area contributed by atoms with E-state index in [-0.39, 0.29) is 6.10 Å². The van der Waals surface area contributed by atoms with E-state index in [1.165, 1.54) is 51.4 Å². The van der Waals surface area contributed by atoms with Gasteiger partial charge in [-0.2, -0.15) is 0 Å². The van der Waals surface area contributed by atoms with E-state index < -0.39 is 6.80 Å². The summed E-state index contributed by atoms with van der Waals surface area (Å²) >= 11 is 1.13. The van der Waals surface area contributed by atoms with Crippen molar-refractivity contribution in [2.75, 3.05) is 5.75 Å². The van der Waals surface area contributed by atoms with Crippen molar-refractivity contribution in [2.45, 2.75) is 96.5 Å². The van der Waals surface area contributed by atoms with Crippen LogP contribution in [0.4, 0.5) is 0 Å². The molecule has 5 heteroatoms. The van der Waals surface area contributed by atoms with Gasteiger partial charge < -0.3 is 4.89 Å². The lowest BCUT2D eigenvalue weighted by Crippen LogP contribution is -2.14. The fourth-order valence-corrected chi connectivity index (χ4v) is 5.64. The van der Waals surface area contributed by atoms with Crippen molar-refractivity contribution in [3.63, 3.8) is 0 Å². The summed E-state index contributed by atoms with van der Waals surface area (Å²) in [4.78, 5) is 9.86. The molecule has 3 nitrogen and oxygen atoms in total. The van der Waals surface area contributed by atoms with Gasteiger partial charge in [-0.05, 0) is 30.6 Å². The van der Waals surface area contributed by atoms with Gasteiger partial charge in [-0.25, -0.2) is 4.57 Å². The average Bonchev–Trinajstić information content (AvgIpc) is 2.46. The summed E-state index contributed by atoms with van der Waals surface area (Å²) in [5.74, 6) is 0.745. The average molecular weight is 336 g/mol. The SMILES string of the molecule is CCCCCCCCCCSP(=O)(O)OC1CCCCC1. The topological polar surface area (TPSA) is 46.5 Å². The number of unbranched alkanes of at least 4 members (excludes halogenated alkanes) is 7. The minimum Gasteiger partial charge on any atom is -0.316 e. The summed E-state index contributed by atoms with van der Waals surface area (Å²) in [5.41, 5.74) is 0. The van der Waals surface area contributed by atoms with Crippen LogP contribution in [0.25, 0.3) is 0 Å². The Hall–Kier alpha value is 0.500. The van der Waals surface area contributed by atoms with Crippen molar-refractivity contribution in [1.29, 1.82) is 0 Å². The fourth-order valence-electron chi connectivity index (χ4n) is 2.81. The molecule has 0 radical (unpaired) electrons. The van der Waals surface area contributed by atoms with Crippen molar-refractivity contribution < 1.29 is 14.0 Å². The molecule has 0 heterocycles. The largest absolute Gasteiger partial charge is 0.386 e. The standard InChI is InChI=1S/C16H33O3PS/c1-2-3-4-5-6-7-8-12-15-21-20(17,18)19-16-13-10-9-11-14-16/h16H,2-15H2,1H3,(H,17,18). The predicted molar refractivity (Wildman–Crippen MR) is 92.9 cm³/mol. The molecule has 0 aliphatic heterocycles. The summed E-state index contributed by atoms with van der Waals surface area (Å²) in [7, 11) is 0. The molecular weight excluding hydrogens is 303 g/mol. The molecule has 126 valence electrons. The van der Waals surface area contributed by atoms with Gasteiger partial charge in [0, 0.05) is 5.75 Å². The smallest absolute Gasteiger partial charge is 0.316 e. The summed E-state index contributed by atoms with van der Waals surface area (Å²) in [6, 6.07) is 0. The number of hydrogen-bond donors (Lipinski definition) is 1.